The van der Waals surface area contributed by atoms with Crippen LogP contribution in [0.1, 0.15) is 28.7 Å². The third-order valence-corrected chi connectivity index (χ3v) is 5.44. The van der Waals surface area contributed by atoms with E-state index in [0.29, 0.717) is 5.56 Å². The van der Waals surface area contributed by atoms with Gasteiger partial charge in [-0.15, -0.1) is 10.2 Å². The lowest BCUT2D eigenvalue weighted by Crippen LogP contribution is -2.14. The predicted molar refractivity (Wildman–Crippen MR) is 105 cm³/mol. The Hall–Kier alpha value is -1.92. The molecule has 3 aromatic rings. The molecule has 0 saturated carbocycles. The minimum absolute atomic E-state index is 0.0774. The van der Waals surface area contributed by atoms with E-state index in [9.17, 15) is 4.79 Å². The van der Waals surface area contributed by atoms with Crippen molar-refractivity contribution < 1.29 is 4.79 Å². The van der Waals surface area contributed by atoms with Crippen molar-refractivity contribution in [3.05, 3.63) is 70.0 Å². The quantitative estimate of drug-likeness (QED) is 0.433. The second-order valence-corrected chi connectivity index (χ2v) is 8.06. The van der Waals surface area contributed by atoms with Crippen molar-refractivity contribution >= 4 is 33.5 Å². The molecular formula is C19H18BrN3OS. The lowest BCUT2D eigenvalue weighted by Gasteiger charge is -2.12. The molecule has 3 rings (SSSR count). The standard InChI is InChI=1S/C19H18BrN3OS/c1-12-4-10-17(11-5-12)23-14(3)21-22-19(23)25-13(2)18(24)15-6-8-16(20)9-7-15/h4-11,13H,1-3H3. The molecule has 25 heavy (non-hydrogen) atoms. The Morgan fingerprint density at radius 1 is 1.04 bits per heavy atom. The number of Topliss-reactive ketones (excluding diaryl/α,β-unsaturated/α-hetero) is 1. The van der Waals surface area contributed by atoms with E-state index in [1.807, 2.05) is 54.8 Å². The summed E-state index contributed by atoms with van der Waals surface area (Å²) in [5.74, 6) is 0.878. The van der Waals surface area contributed by atoms with Crippen LogP contribution in [0.2, 0.25) is 0 Å². The number of aromatic nitrogens is 3. The molecule has 0 saturated heterocycles. The molecule has 6 heteroatoms. The van der Waals surface area contributed by atoms with Crippen LogP contribution < -0.4 is 0 Å². The van der Waals surface area contributed by atoms with Gasteiger partial charge >= 0.3 is 0 Å². The van der Waals surface area contributed by atoms with Gasteiger partial charge in [-0.25, -0.2) is 0 Å². The highest BCUT2D eigenvalue weighted by molar-refractivity contribution is 9.10. The smallest absolute Gasteiger partial charge is 0.196 e. The number of benzene rings is 2. The minimum Gasteiger partial charge on any atom is -0.293 e. The van der Waals surface area contributed by atoms with Crippen LogP contribution in [0, 0.1) is 13.8 Å². The molecular weight excluding hydrogens is 398 g/mol. The van der Waals surface area contributed by atoms with Crippen LogP contribution in [-0.4, -0.2) is 25.8 Å². The number of aryl methyl sites for hydroxylation is 2. The Bertz CT molecular complexity index is 888. The molecule has 0 aliphatic rings. The van der Waals surface area contributed by atoms with Gasteiger partial charge in [0.25, 0.3) is 0 Å². The topological polar surface area (TPSA) is 47.8 Å². The highest BCUT2D eigenvalue weighted by Crippen LogP contribution is 2.27. The van der Waals surface area contributed by atoms with Crippen LogP contribution in [0.4, 0.5) is 0 Å². The Kier molecular flexibility index (Phi) is 5.39. The van der Waals surface area contributed by atoms with Crippen LogP contribution in [0.15, 0.2) is 58.2 Å². The number of hydrogen-bond acceptors (Lipinski definition) is 4. The summed E-state index contributed by atoms with van der Waals surface area (Å²) >= 11 is 4.82. The van der Waals surface area contributed by atoms with Gasteiger partial charge in [0.1, 0.15) is 5.82 Å². The van der Waals surface area contributed by atoms with Crippen LogP contribution in [0.5, 0.6) is 0 Å². The van der Waals surface area contributed by atoms with Gasteiger partial charge in [0.15, 0.2) is 10.9 Å². The summed E-state index contributed by atoms with van der Waals surface area (Å²) in [7, 11) is 0. The maximum absolute atomic E-state index is 12.7. The number of ketones is 1. The fourth-order valence-corrected chi connectivity index (χ4v) is 3.73. The molecule has 1 atom stereocenters. The van der Waals surface area contributed by atoms with E-state index < -0.39 is 0 Å². The summed E-state index contributed by atoms with van der Waals surface area (Å²) < 4.78 is 2.94. The predicted octanol–water partition coefficient (Wildman–Crippen LogP) is 5.01. The molecule has 0 spiro atoms. The van der Waals surface area contributed by atoms with E-state index in [1.54, 1.807) is 0 Å². The summed E-state index contributed by atoms with van der Waals surface area (Å²) in [5.41, 5.74) is 2.89. The molecule has 128 valence electrons. The van der Waals surface area contributed by atoms with Crippen LogP contribution >= 0.6 is 27.7 Å². The number of nitrogens with zero attached hydrogens (tertiary/aromatic N) is 3. The van der Waals surface area contributed by atoms with Crippen LogP contribution in [0.25, 0.3) is 5.69 Å². The SMILES string of the molecule is Cc1ccc(-n2c(C)nnc2SC(C)C(=O)c2ccc(Br)cc2)cc1. The second kappa shape index (κ2) is 7.54. The molecule has 0 amide bonds. The van der Waals surface area contributed by atoms with Gasteiger partial charge in [0.2, 0.25) is 0 Å². The van der Waals surface area contributed by atoms with E-state index >= 15 is 0 Å². The van der Waals surface area contributed by atoms with Gasteiger partial charge < -0.3 is 0 Å². The molecule has 4 nitrogen and oxygen atoms in total. The number of rotatable bonds is 5. The van der Waals surface area contributed by atoms with Crippen molar-refractivity contribution in [2.45, 2.75) is 31.2 Å². The summed E-state index contributed by atoms with van der Waals surface area (Å²) in [4.78, 5) is 12.7. The zero-order chi connectivity index (χ0) is 18.0. The first kappa shape index (κ1) is 17.9. The first-order valence-corrected chi connectivity index (χ1v) is 9.58. The number of hydrogen-bond donors (Lipinski definition) is 0. The van der Waals surface area contributed by atoms with Crippen molar-refractivity contribution in [1.29, 1.82) is 0 Å². The monoisotopic (exact) mass is 415 g/mol. The van der Waals surface area contributed by atoms with Gasteiger partial charge in [0.05, 0.1) is 5.25 Å². The largest absolute Gasteiger partial charge is 0.293 e. The lowest BCUT2D eigenvalue weighted by atomic mass is 10.1. The summed E-state index contributed by atoms with van der Waals surface area (Å²) in [6.45, 7) is 5.87. The number of carbonyl (C=O) groups excluding carboxylic acids is 1. The van der Waals surface area contributed by atoms with E-state index in [0.717, 1.165) is 21.1 Å². The van der Waals surface area contributed by atoms with E-state index in [-0.39, 0.29) is 11.0 Å². The van der Waals surface area contributed by atoms with Crippen LogP contribution in [-0.2, 0) is 0 Å². The second-order valence-electron chi connectivity index (χ2n) is 5.83. The fourth-order valence-electron chi connectivity index (χ4n) is 2.47. The Labute approximate surface area is 159 Å². The average molecular weight is 416 g/mol. The van der Waals surface area contributed by atoms with Crippen LogP contribution in [0.3, 0.4) is 0 Å². The molecule has 1 aromatic heterocycles. The maximum Gasteiger partial charge on any atom is 0.196 e. The zero-order valence-corrected chi connectivity index (χ0v) is 16.6. The number of halogens is 1. The molecule has 1 unspecified atom stereocenters. The van der Waals surface area contributed by atoms with E-state index in [4.69, 9.17) is 0 Å². The minimum atomic E-state index is -0.256. The number of carbonyl (C=O) groups is 1. The maximum atomic E-state index is 12.7. The Morgan fingerprint density at radius 2 is 1.68 bits per heavy atom. The van der Waals surface area contributed by atoms with Gasteiger partial charge in [0, 0.05) is 15.7 Å². The number of thioether (sulfide) groups is 1. The van der Waals surface area contributed by atoms with Crippen molar-refractivity contribution in [3.8, 4) is 5.69 Å². The summed E-state index contributed by atoms with van der Waals surface area (Å²) in [6, 6.07) is 15.6. The first-order chi connectivity index (χ1) is 12.0. The van der Waals surface area contributed by atoms with Gasteiger partial charge in [-0.2, -0.15) is 0 Å². The third-order valence-electron chi connectivity index (χ3n) is 3.87. The summed E-state index contributed by atoms with van der Waals surface area (Å²) in [6.07, 6.45) is 0. The molecule has 0 bridgehead atoms. The molecule has 0 radical (unpaired) electrons. The zero-order valence-electron chi connectivity index (χ0n) is 14.2. The molecule has 1 heterocycles. The Balaban J connectivity index is 1.84. The van der Waals surface area contributed by atoms with Gasteiger partial charge in [-0.05, 0) is 45.0 Å². The lowest BCUT2D eigenvalue weighted by molar-refractivity contribution is 0.0994. The van der Waals surface area contributed by atoms with Crippen molar-refractivity contribution in [1.82, 2.24) is 14.8 Å². The molecule has 0 N–H and O–H groups in total. The highest BCUT2D eigenvalue weighted by Gasteiger charge is 2.21. The average Bonchev–Trinajstić information content (AvgIpc) is 2.96. The molecule has 0 aliphatic carbocycles. The van der Waals surface area contributed by atoms with E-state index in [1.165, 1.54) is 17.3 Å². The van der Waals surface area contributed by atoms with E-state index in [2.05, 4.69) is 45.2 Å². The normalized spacial score (nSPS) is 12.2. The fraction of sp³-hybridized carbons (Fsp3) is 0.211. The first-order valence-electron chi connectivity index (χ1n) is 7.91. The Morgan fingerprint density at radius 3 is 2.32 bits per heavy atom. The van der Waals surface area contributed by atoms with Crippen molar-refractivity contribution in [2.75, 3.05) is 0 Å². The third kappa shape index (κ3) is 4.02. The van der Waals surface area contributed by atoms with Crippen molar-refractivity contribution in [2.24, 2.45) is 0 Å². The summed E-state index contributed by atoms with van der Waals surface area (Å²) in [5, 5.41) is 8.91. The van der Waals surface area contributed by atoms with Gasteiger partial charge in [-0.1, -0.05) is 57.5 Å². The highest BCUT2D eigenvalue weighted by atomic mass is 79.9. The molecule has 2 aromatic carbocycles. The van der Waals surface area contributed by atoms with Gasteiger partial charge in [-0.3, -0.25) is 9.36 Å². The van der Waals surface area contributed by atoms with Crippen molar-refractivity contribution in [3.63, 3.8) is 0 Å². The molecule has 0 aliphatic heterocycles. The molecule has 0 fully saturated rings.